The SMILES string of the molecule is CCCCc1cc(OC)c(OC)cc1CCN(C)CCCC(C#N)(c1ccc(OC)c(OC)c1)C(C)C. The molecule has 0 aromatic heterocycles. The van der Waals surface area contributed by atoms with Gasteiger partial charge in [-0.3, -0.25) is 0 Å². The highest BCUT2D eigenvalue weighted by molar-refractivity contribution is 5.48. The van der Waals surface area contributed by atoms with Gasteiger partial charge in [0.1, 0.15) is 0 Å². The van der Waals surface area contributed by atoms with Crippen LogP contribution >= 0.6 is 0 Å². The standard InChI is InChI=1S/C31H46N2O4/c1-9-10-12-24-19-28(35-6)29(36-7)20-25(24)15-18-33(4)17-11-16-31(22-32,23(2)3)26-13-14-27(34-5)30(21-26)37-8/h13-14,19-21,23H,9-12,15-18H2,1-8H3. The summed E-state index contributed by atoms with van der Waals surface area (Å²) in [5.41, 5.74) is 3.05. The van der Waals surface area contributed by atoms with E-state index in [1.165, 1.54) is 11.1 Å². The number of nitriles is 1. The molecule has 0 aliphatic carbocycles. The van der Waals surface area contributed by atoms with Crippen molar-refractivity contribution in [3.8, 4) is 29.1 Å². The van der Waals surface area contributed by atoms with Gasteiger partial charge in [0.25, 0.3) is 0 Å². The molecular formula is C31H46N2O4. The molecule has 2 aromatic rings. The van der Waals surface area contributed by atoms with E-state index in [-0.39, 0.29) is 5.92 Å². The Morgan fingerprint density at radius 2 is 1.38 bits per heavy atom. The van der Waals surface area contributed by atoms with Crippen molar-refractivity contribution >= 4 is 0 Å². The zero-order valence-corrected chi connectivity index (χ0v) is 24.1. The smallest absolute Gasteiger partial charge is 0.161 e. The number of hydrogen-bond acceptors (Lipinski definition) is 6. The van der Waals surface area contributed by atoms with Crippen LogP contribution in [0.5, 0.6) is 23.0 Å². The first kappa shape index (κ1) is 30.3. The molecule has 0 fully saturated rings. The Hall–Kier alpha value is -2.91. The minimum atomic E-state index is -0.586. The zero-order chi connectivity index (χ0) is 27.4. The molecule has 0 spiro atoms. The Bertz CT molecular complexity index is 1030. The molecule has 0 aliphatic heterocycles. The van der Waals surface area contributed by atoms with E-state index < -0.39 is 5.41 Å². The van der Waals surface area contributed by atoms with Gasteiger partial charge in [-0.15, -0.1) is 0 Å². The monoisotopic (exact) mass is 510 g/mol. The molecule has 1 atom stereocenters. The lowest BCUT2D eigenvalue weighted by atomic mass is 9.69. The van der Waals surface area contributed by atoms with Crippen LogP contribution in [0.3, 0.4) is 0 Å². The maximum atomic E-state index is 10.3. The summed E-state index contributed by atoms with van der Waals surface area (Å²) in [6.07, 6.45) is 5.99. The van der Waals surface area contributed by atoms with Gasteiger partial charge in [0.15, 0.2) is 23.0 Å². The highest BCUT2D eigenvalue weighted by Gasteiger charge is 2.36. The summed E-state index contributed by atoms with van der Waals surface area (Å²) in [6, 6.07) is 12.8. The van der Waals surface area contributed by atoms with Crippen LogP contribution in [-0.4, -0.2) is 53.5 Å². The number of rotatable bonds is 16. The van der Waals surface area contributed by atoms with E-state index in [9.17, 15) is 5.26 Å². The average Bonchev–Trinajstić information content (AvgIpc) is 2.92. The number of aryl methyl sites for hydroxylation is 1. The molecule has 204 valence electrons. The molecule has 1 unspecified atom stereocenters. The number of likely N-dealkylation sites (N-methyl/N-ethyl adjacent to an activating group) is 1. The van der Waals surface area contributed by atoms with Crippen LogP contribution in [0.4, 0.5) is 0 Å². The van der Waals surface area contributed by atoms with Crippen molar-refractivity contribution in [1.82, 2.24) is 4.90 Å². The molecule has 0 N–H and O–H groups in total. The number of methoxy groups -OCH3 is 4. The molecule has 0 aliphatic rings. The third kappa shape index (κ3) is 7.55. The lowest BCUT2D eigenvalue weighted by Gasteiger charge is -2.32. The van der Waals surface area contributed by atoms with Gasteiger partial charge in [0.05, 0.1) is 39.9 Å². The molecular weight excluding hydrogens is 464 g/mol. The van der Waals surface area contributed by atoms with Crippen LogP contribution in [0.2, 0.25) is 0 Å². The van der Waals surface area contributed by atoms with Gasteiger partial charge < -0.3 is 23.8 Å². The Labute approximate surface area is 224 Å². The van der Waals surface area contributed by atoms with Gasteiger partial charge in [0.2, 0.25) is 0 Å². The molecule has 6 heteroatoms. The van der Waals surface area contributed by atoms with Gasteiger partial charge in [-0.25, -0.2) is 0 Å². The van der Waals surface area contributed by atoms with Crippen molar-refractivity contribution < 1.29 is 18.9 Å². The van der Waals surface area contributed by atoms with Crippen LogP contribution in [0.1, 0.15) is 63.1 Å². The van der Waals surface area contributed by atoms with E-state index in [0.717, 1.165) is 68.7 Å². The van der Waals surface area contributed by atoms with E-state index in [1.807, 2.05) is 18.2 Å². The van der Waals surface area contributed by atoms with Crippen molar-refractivity contribution in [2.75, 3.05) is 48.6 Å². The number of nitrogens with zero attached hydrogens (tertiary/aromatic N) is 2. The first-order chi connectivity index (χ1) is 17.8. The predicted molar refractivity (Wildman–Crippen MR) is 150 cm³/mol. The second-order valence-corrected chi connectivity index (χ2v) is 10.0. The summed E-state index contributed by atoms with van der Waals surface area (Å²) in [5, 5.41) is 10.3. The van der Waals surface area contributed by atoms with Crippen LogP contribution in [0.25, 0.3) is 0 Å². The minimum Gasteiger partial charge on any atom is -0.493 e. The molecule has 0 heterocycles. The Kier molecular flexibility index (Phi) is 12.1. The summed E-state index contributed by atoms with van der Waals surface area (Å²) >= 11 is 0. The number of ether oxygens (including phenoxy) is 4. The van der Waals surface area contributed by atoms with Gasteiger partial charge in [0, 0.05) is 6.54 Å². The number of benzene rings is 2. The Morgan fingerprint density at radius 3 is 1.89 bits per heavy atom. The van der Waals surface area contributed by atoms with E-state index in [4.69, 9.17) is 18.9 Å². The normalized spacial score (nSPS) is 12.8. The number of unbranched alkanes of at least 4 members (excludes halogenated alkanes) is 1. The first-order valence-corrected chi connectivity index (χ1v) is 13.4. The van der Waals surface area contributed by atoms with Crippen LogP contribution in [0, 0.1) is 17.2 Å². The van der Waals surface area contributed by atoms with E-state index in [2.05, 4.69) is 50.9 Å². The maximum Gasteiger partial charge on any atom is 0.161 e. The van der Waals surface area contributed by atoms with Crippen LogP contribution < -0.4 is 18.9 Å². The summed E-state index contributed by atoms with van der Waals surface area (Å²) in [5.74, 6) is 3.07. The van der Waals surface area contributed by atoms with Crippen molar-refractivity contribution in [2.24, 2.45) is 5.92 Å². The first-order valence-electron chi connectivity index (χ1n) is 13.4. The lowest BCUT2D eigenvalue weighted by Crippen LogP contribution is -2.32. The third-order valence-corrected chi connectivity index (χ3v) is 7.46. The maximum absolute atomic E-state index is 10.3. The topological polar surface area (TPSA) is 64.0 Å². The average molecular weight is 511 g/mol. The van der Waals surface area contributed by atoms with Crippen LogP contribution in [-0.2, 0) is 18.3 Å². The fourth-order valence-electron chi connectivity index (χ4n) is 4.98. The quantitative estimate of drug-likeness (QED) is 0.259. The van der Waals surface area contributed by atoms with E-state index >= 15 is 0 Å². The molecule has 0 amide bonds. The van der Waals surface area contributed by atoms with Crippen molar-refractivity contribution in [1.29, 1.82) is 5.26 Å². The fourth-order valence-corrected chi connectivity index (χ4v) is 4.98. The highest BCUT2D eigenvalue weighted by atomic mass is 16.5. The molecule has 0 radical (unpaired) electrons. The van der Waals surface area contributed by atoms with Crippen molar-refractivity contribution in [2.45, 2.75) is 64.7 Å². The van der Waals surface area contributed by atoms with E-state index in [1.54, 1.807) is 28.4 Å². The summed E-state index contributed by atoms with van der Waals surface area (Å²) in [7, 11) is 8.80. The summed E-state index contributed by atoms with van der Waals surface area (Å²) in [6.45, 7) is 8.32. The molecule has 0 saturated heterocycles. The lowest BCUT2D eigenvalue weighted by molar-refractivity contribution is 0.292. The molecule has 0 saturated carbocycles. The Morgan fingerprint density at radius 1 is 0.811 bits per heavy atom. The Balaban J connectivity index is 2.10. The molecule has 2 aromatic carbocycles. The van der Waals surface area contributed by atoms with E-state index in [0.29, 0.717) is 11.5 Å². The van der Waals surface area contributed by atoms with Gasteiger partial charge in [-0.05, 0) is 92.6 Å². The molecule has 37 heavy (non-hydrogen) atoms. The van der Waals surface area contributed by atoms with Crippen molar-refractivity contribution in [3.63, 3.8) is 0 Å². The second kappa shape index (κ2) is 14.7. The van der Waals surface area contributed by atoms with Gasteiger partial charge in [-0.1, -0.05) is 33.3 Å². The molecule has 2 rings (SSSR count). The second-order valence-electron chi connectivity index (χ2n) is 10.0. The summed E-state index contributed by atoms with van der Waals surface area (Å²) in [4.78, 5) is 2.36. The third-order valence-electron chi connectivity index (χ3n) is 7.46. The summed E-state index contributed by atoms with van der Waals surface area (Å²) < 4.78 is 22.0. The van der Waals surface area contributed by atoms with Crippen molar-refractivity contribution in [3.05, 3.63) is 47.0 Å². The van der Waals surface area contributed by atoms with Crippen LogP contribution in [0.15, 0.2) is 30.3 Å². The molecule has 0 bridgehead atoms. The fraction of sp³-hybridized carbons (Fsp3) is 0.581. The zero-order valence-electron chi connectivity index (χ0n) is 24.1. The van der Waals surface area contributed by atoms with Gasteiger partial charge in [-0.2, -0.15) is 5.26 Å². The largest absolute Gasteiger partial charge is 0.493 e. The molecule has 6 nitrogen and oxygen atoms in total. The predicted octanol–water partition coefficient (Wildman–Crippen LogP) is 6.44. The highest BCUT2D eigenvalue weighted by Crippen LogP contribution is 2.40. The minimum absolute atomic E-state index is 0.161. The number of hydrogen-bond donors (Lipinski definition) is 0. The van der Waals surface area contributed by atoms with Gasteiger partial charge >= 0.3 is 0 Å².